The van der Waals surface area contributed by atoms with Crippen LogP contribution in [0.15, 0.2) is 65.5 Å². The molecule has 0 atom stereocenters. The molecule has 0 unspecified atom stereocenters. The molecule has 0 aliphatic rings. The molecule has 6 nitrogen and oxygen atoms in total. The molecule has 1 N–H and O–H groups in total. The zero-order chi connectivity index (χ0) is 22.0. The summed E-state index contributed by atoms with van der Waals surface area (Å²) in [6, 6.07) is 11.6. The minimum absolute atomic E-state index is 0.0794. The Balaban J connectivity index is 1.48. The third kappa shape index (κ3) is 5.15. The first kappa shape index (κ1) is 21.5. The number of carbonyl (C=O) groups excluding carboxylic acids is 1. The maximum absolute atomic E-state index is 14.0. The third-order valence-electron chi connectivity index (χ3n) is 4.47. The number of carbonyl (C=O) groups is 1. The standard InChI is InChI=1S/C21H15BrCl2FN5O/c22-15-8-26-29(10-15)9-13-3-1-4-14(7-13)21(31)27-20-18(24)12-30(28-20)11-16-17(23)5-2-6-19(16)25/h1-8,10,12H,9,11H2,(H,27,28,31). The fourth-order valence-corrected chi connectivity index (χ4v) is 3.76. The van der Waals surface area contributed by atoms with Crippen molar-refractivity contribution in [3.05, 3.63) is 98.1 Å². The lowest BCUT2D eigenvalue weighted by Gasteiger charge is -2.07. The van der Waals surface area contributed by atoms with Crippen LogP contribution in [0.4, 0.5) is 10.2 Å². The molecular weight excluding hydrogens is 508 g/mol. The predicted molar refractivity (Wildman–Crippen MR) is 121 cm³/mol. The van der Waals surface area contributed by atoms with Crippen LogP contribution in [0.2, 0.25) is 10.0 Å². The average Bonchev–Trinajstić information content (AvgIpc) is 3.30. The quantitative estimate of drug-likeness (QED) is 0.356. The van der Waals surface area contributed by atoms with Gasteiger partial charge in [0.2, 0.25) is 0 Å². The van der Waals surface area contributed by atoms with Gasteiger partial charge in [0.15, 0.2) is 5.82 Å². The lowest BCUT2D eigenvalue weighted by atomic mass is 10.1. The number of anilines is 1. The molecule has 4 aromatic rings. The van der Waals surface area contributed by atoms with Crippen LogP contribution in [0.1, 0.15) is 21.5 Å². The van der Waals surface area contributed by atoms with Crippen molar-refractivity contribution in [1.29, 1.82) is 0 Å². The fraction of sp³-hybridized carbons (Fsp3) is 0.0952. The van der Waals surface area contributed by atoms with Gasteiger partial charge in [0.05, 0.1) is 23.8 Å². The summed E-state index contributed by atoms with van der Waals surface area (Å²) in [4.78, 5) is 12.7. The molecule has 31 heavy (non-hydrogen) atoms. The van der Waals surface area contributed by atoms with Gasteiger partial charge in [-0.1, -0.05) is 41.4 Å². The van der Waals surface area contributed by atoms with Crippen molar-refractivity contribution >= 4 is 50.9 Å². The van der Waals surface area contributed by atoms with Crippen LogP contribution in [0.25, 0.3) is 0 Å². The van der Waals surface area contributed by atoms with Gasteiger partial charge in [0, 0.05) is 28.5 Å². The average molecular weight is 523 g/mol. The molecule has 0 saturated heterocycles. The van der Waals surface area contributed by atoms with Gasteiger partial charge in [-0.15, -0.1) is 0 Å². The number of rotatable bonds is 6. The van der Waals surface area contributed by atoms with E-state index in [9.17, 15) is 9.18 Å². The van der Waals surface area contributed by atoms with Crippen molar-refractivity contribution in [2.24, 2.45) is 0 Å². The Morgan fingerprint density at radius 2 is 1.87 bits per heavy atom. The van der Waals surface area contributed by atoms with Gasteiger partial charge in [-0.05, 0) is 45.8 Å². The van der Waals surface area contributed by atoms with Crippen molar-refractivity contribution in [3.63, 3.8) is 0 Å². The Kier molecular flexibility index (Phi) is 6.41. The smallest absolute Gasteiger partial charge is 0.256 e. The van der Waals surface area contributed by atoms with E-state index >= 15 is 0 Å². The summed E-state index contributed by atoms with van der Waals surface area (Å²) in [6.07, 6.45) is 5.05. The SMILES string of the molecule is O=C(Nc1nn(Cc2c(F)cccc2Cl)cc1Cl)c1cccc(Cn2cc(Br)cn2)c1. The number of hydrogen-bond donors (Lipinski definition) is 1. The Hall–Kier alpha value is -2.68. The molecule has 4 rings (SSSR count). The largest absolute Gasteiger partial charge is 0.304 e. The van der Waals surface area contributed by atoms with Crippen molar-refractivity contribution in [3.8, 4) is 0 Å². The van der Waals surface area contributed by atoms with E-state index < -0.39 is 5.82 Å². The van der Waals surface area contributed by atoms with Crippen LogP contribution in [0.5, 0.6) is 0 Å². The highest BCUT2D eigenvalue weighted by Crippen LogP contribution is 2.24. The van der Waals surface area contributed by atoms with Gasteiger partial charge in [0.1, 0.15) is 10.8 Å². The molecule has 2 aromatic heterocycles. The van der Waals surface area contributed by atoms with E-state index in [2.05, 4.69) is 31.4 Å². The van der Waals surface area contributed by atoms with Gasteiger partial charge >= 0.3 is 0 Å². The molecular formula is C21H15BrCl2FN5O. The molecule has 158 valence electrons. The molecule has 10 heteroatoms. The minimum Gasteiger partial charge on any atom is -0.304 e. The lowest BCUT2D eigenvalue weighted by Crippen LogP contribution is -2.14. The van der Waals surface area contributed by atoms with E-state index in [4.69, 9.17) is 23.2 Å². The number of nitrogens with one attached hydrogen (secondary N) is 1. The normalized spacial score (nSPS) is 11.0. The molecule has 0 aliphatic heterocycles. The minimum atomic E-state index is -0.439. The summed E-state index contributed by atoms with van der Waals surface area (Å²) in [5, 5.41) is 11.7. The van der Waals surface area contributed by atoms with Crippen LogP contribution < -0.4 is 5.32 Å². The van der Waals surface area contributed by atoms with E-state index in [1.165, 1.54) is 23.0 Å². The Labute approximate surface area is 195 Å². The zero-order valence-corrected chi connectivity index (χ0v) is 19.0. The summed E-state index contributed by atoms with van der Waals surface area (Å²) in [5.74, 6) is -0.620. The second-order valence-electron chi connectivity index (χ2n) is 6.73. The highest BCUT2D eigenvalue weighted by atomic mass is 79.9. The van der Waals surface area contributed by atoms with Crippen LogP contribution in [-0.2, 0) is 13.1 Å². The number of halogens is 4. The van der Waals surface area contributed by atoms with E-state index in [-0.39, 0.29) is 23.3 Å². The summed E-state index contributed by atoms with van der Waals surface area (Å²) in [5.41, 5.74) is 1.65. The van der Waals surface area contributed by atoms with Crippen molar-refractivity contribution < 1.29 is 9.18 Å². The molecule has 1 amide bonds. The number of benzene rings is 2. The summed E-state index contributed by atoms with van der Waals surface area (Å²) in [7, 11) is 0. The monoisotopic (exact) mass is 521 g/mol. The molecule has 2 heterocycles. The van der Waals surface area contributed by atoms with Crippen molar-refractivity contribution in [2.45, 2.75) is 13.1 Å². The number of amides is 1. The van der Waals surface area contributed by atoms with E-state index in [1.807, 2.05) is 12.3 Å². The van der Waals surface area contributed by atoms with Gasteiger partial charge in [-0.25, -0.2) is 4.39 Å². The molecule has 0 bridgehead atoms. The molecule has 0 saturated carbocycles. The summed E-state index contributed by atoms with van der Waals surface area (Å²) >= 11 is 15.7. The maximum atomic E-state index is 14.0. The topological polar surface area (TPSA) is 64.7 Å². The van der Waals surface area contributed by atoms with Crippen LogP contribution in [0, 0.1) is 5.82 Å². The van der Waals surface area contributed by atoms with Gasteiger partial charge in [-0.3, -0.25) is 14.2 Å². The first-order chi connectivity index (χ1) is 14.9. The van der Waals surface area contributed by atoms with Crippen LogP contribution in [0.3, 0.4) is 0 Å². The van der Waals surface area contributed by atoms with Crippen molar-refractivity contribution in [2.75, 3.05) is 5.32 Å². The fourth-order valence-electron chi connectivity index (χ4n) is 3.01. The molecule has 0 aliphatic carbocycles. The highest BCUT2D eigenvalue weighted by molar-refractivity contribution is 9.10. The Bertz CT molecular complexity index is 1240. The molecule has 0 spiro atoms. The maximum Gasteiger partial charge on any atom is 0.256 e. The Morgan fingerprint density at radius 3 is 2.61 bits per heavy atom. The molecule has 0 radical (unpaired) electrons. The summed E-state index contributed by atoms with van der Waals surface area (Å²) < 4.78 is 18.1. The lowest BCUT2D eigenvalue weighted by molar-refractivity contribution is 0.102. The molecule has 2 aromatic carbocycles. The van der Waals surface area contributed by atoms with E-state index in [0.717, 1.165) is 10.0 Å². The van der Waals surface area contributed by atoms with E-state index in [1.54, 1.807) is 35.1 Å². The summed E-state index contributed by atoms with van der Waals surface area (Å²) in [6.45, 7) is 0.599. The molecule has 0 fully saturated rings. The van der Waals surface area contributed by atoms with Gasteiger partial charge in [0.25, 0.3) is 5.91 Å². The predicted octanol–water partition coefficient (Wildman–Crippen LogP) is 5.64. The van der Waals surface area contributed by atoms with E-state index in [0.29, 0.717) is 22.7 Å². The van der Waals surface area contributed by atoms with Gasteiger partial charge in [-0.2, -0.15) is 10.2 Å². The van der Waals surface area contributed by atoms with Crippen molar-refractivity contribution in [1.82, 2.24) is 19.6 Å². The third-order valence-corrected chi connectivity index (χ3v) is 5.51. The Morgan fingerprint density at radius 1 is 1.06 bits per heavy atom. The van der Waals surface area contributed by atoms with Gasteiger partial charge < -0.3 is 5.32 Å². The zero-order valence-electron chi connectivity index (χ0n) is 15.9. The number of nitrogens with zero attached hydrogens (tertiary/aromatic N) is 4. The second-order valence-corrected chi connectivity index (χ2v) is 8.46. The first-order valence-electron chi connectivity index (χ1n) is 9.13. The first-order valence-corrected chi connectivity index (χ1v) is 10.7. The number of hydrogen-bond acceptors (Lipinski definition) is 3. The second kappa shape index (κ2) is 9.21. The van der Waals surface area contributed by atoms with Crippen LogP contribution in [-0.4, -0.2) is 25.5 Å². The van der Waals surface area contributed by atoms with Crippen LogP contribution >= 0.6 is 39.1 Å². The number of aromatic nitrogens is 4. The highest BCUT2D eigenvalue weighted by Gasteiger charge is 2.15.